The topological polar surface area (TPSA) is 122 Å². The number of aliphatic hydroxyl groups is 1. The fourth-order valence-corrected chi connectivity index (χ4v) is 5.71. The van der Waals surface area contributed by atoms with Gasteiger partial charge in [-0.2, -0.15) is 4.31 Å². The van der Waals surface area contributed by atoms with Crippen molar-refractivity contribution in [3.63, 3.8) is 0 Å². The molecule has 1 aliphatic heterocycles. The first-order valence-corrected chi connectivity index (χ1v) is 12.1. The van der Waals surface area contributed by atoms with E-state index in [9.17, 15) is 13.5 Å². The molecule has 0 spiro atoms. The number of nitrogen functional groups attached to an aromatic ring is 1. The van der Waals surface area contributed by atoms with Gasteiger partial charge in [0.2, 0.25) is 10.0 Å². The maximum atomic E-state index is 13.3. The Labute approximate surface area is 191 Å². The standard InChI is InChI=1S/C24H23N5O3S/c25-24-23(33(31,32)29-11-6-19(30)7-12-29)14-18(15-28-24)17-1-2-22-21(13-17)20(5-10-27-22)16-3-8-26-9-4-16/h1-5,8-10,13-15,19,30H,6-7,11-12H2,(H2,25,28). The first-order chi connectivity index (χ1) is 15.9. The van der Waals surface area contributed by atoms with Gasteiger partial charge >= 0.3 is 0 Å². The molecule has 4 aromatic rings. The highest BCUT2D eigenvalue weighted by atomic mass is 32.2. The first-order valence-electron chi connectivity index (χ1n) is 10.7. The van der Waals surface area contributed by atoms with Crippen LogP contribution in [-0.4, -0.2) is 52.0 Å². The molecular formula is C24H23N5O3S. The molecule has 5 rings (SSSR count). The lowest BCUT2D eigenvalue weighted by molar-refractivity contribution is 0.113. The highest BCUT2D eigenvalue weighted by molar-refractivity contribution is 7.89. The van der Waals surface area contributed by atoms with E-state index in [2.05, 4.69) is 15.0 Å². The van der Waals surface area contributed by atoms with Gasteiger partial charge in [-0.15, -0.1) is 0 Å². The van der Waals surface area contributed by atoms with Crippen molar-refractivity contribution >= 4 is 26.7 Å². The lowest BCUT2D eigenvalue weighted by Crippen LogP contribution is -2.40. The van der Waals surface area contributed by atoms with E-state index < -0.39 is 16.1 Å². The van der Waals surface area contributed by atoms with Gasteiger partial charge in [-0.1, -0.05) is 6.07 Å². The zero-order chi connectivity index (χ0) is 23.0. The highest BCUT2D eigenvalue weighted by Crippen LogP contribution is 2.33. The molecule has 0 unspecified atom stereocenters. The summed E-state index contributed by atoms with van der Waals surface area (Å²) in [4.78, 5) is 12.7. The fraction of sp³-hybridized carbons (Fsp3) is 0.208. The summed E-state index contributed by atoms with van der Waals surface area (Å²) in [7, 11) is -3.82. The number of fused-ring (bicyclic) bond motifs is 1. The van der Waals surface area contributed by atoms with Crippen LogP contribution in [0.1, 0.15) is 12.8 Å². The number of hydrogen-bond acceptors (Lipinski definition) is 7. The van der Waals surface area contributed by atoms with E-state index in [0.717, 1.165) is 27.6 Å². The summed E-state index contributed by atoms with van der Waals surface area (Å²) >= 11 is 0. The summed E-state index contributed by atoms with van der Waals surface area (Å²) in [6, 6.07) is 13.2. The molecule has 4 heterocycles. The SMILES string of the molecule is Nc1ncc(-c2ccc3nccc(-c4ccncc4)c3c2)cc1S(=O)(=O)N1CCC(O)CC1. The Bertz CT molecular complexity index is 1420. The molecule has 1 aromatic carbocycles. The molecule has 1 saturated heterocycles. The maximum absolute atomic E-state index is 13.3. The zero-order valence-corrected chi connectivity index (χ0v) is 18.6. The summed E-state index contributed by atoms with van der Waals surface area (Å²) in [5.74, 6) is -0.0372. The molecule has 9 heteroatoms. The number of aliphatic hydroxyl groups excluding tert-OH is 1. The van der Waals surface area contributed by atoms with Crippen LogP contribution in [-0.2, 0) is 10.0 Å². The number of benzene rings is 1. The minimum atomic E-state index is -3.82. The Morgan fingerprint density at radius 3 is 2.42 bits per heavy atom. The largest absolute Gasteiger partial charge is 0.393 e. The fourth-order valence-electron chi connectivity index (χ4n) is 4.15. The Morgan fingerprint density at radius 2 is 1.67 bits per heavy atom. The number of nitrogens with two attached hydrogens (primary N) is 1. The number of pyridine rings is 3. The van der Waals surface area contributed by atoms with Crippen molar-refractivity contribution in [2.45, 2.75) is 23.8 Å². The van der Waals surface area contributed by atoms with Gasteiger partial charge in [0, 0.05) is 48.8 Å². The number of piperidine rings is 1. The molecule has 0 atom stereocenters. The molecule has 0 radical (unpaired) electrons. The molecule has 3 N–H and O–H groups in total. The van der Waals surface area contributed by atoms with E-state index in [-0.39, 0.29) is 23.8 Å². The third-order valence-corrected chi connectivity index (χ3v) is 7.92. The van der Waals surface area contributed by atoms with Crippen molar-refractivity contribution in [2.24, 2.45) is 0 Å². The number of nitrogens with zero attached hydrogens (tertiary/aromatic N) is 4. The molecular weight excluding hydrogens is 438 g/mol. The Hall–Kier alpha value is -3.40. The van der Waals surface area contributed by atoms with Crippen LogP contribution in [0.3, 0.4) is 0 Å². The molecule has 3 aromatic heterocycles. The monoisotopic (exact) mass is 461 g/mol. The van der Waals surface area contributed by atoms with Gasteiger partial charge in [0.05, 0.1) is 11.6 Å². The van der Waals surface area contributed by atoms with Crippen LogP contribution in [0.4, 0.5) is 5.82 Å². The third kappa shape index (κ3) is 4.06. The normalized spacial score (nSPS) is 15.7. The van der Waals surface area contributed by atoms with Crippen LogP contribution in [0.25, 0.3) is 33.2 Å². The van der Waals surface area contributed by atoms with Gasteiger partial charge in [0.25, 0.3) is 0 Å². The van der Waals surface area contributed by atoms with Crippen LogP contribution in [0.5, 0.6) is 0 Å². The average molecular weight is 462 g/mol. The minimum Gasteiger partial charge on any atom is -0.393 e. The summed E-state index contributed by atoms with van der Waals surface area (Å²) in [6.07, 6.45) is 7.17. The Kier molecular flexibility index (Phi) is 5.53. The second-order valence-electron chi connectivity index (χ2n) is 8.07. The lowest BCUT2D eigenvalue weighted by Gasteiger charge is -2.29. The average Bonchev–Trinajstić information content (AvgIpc) is 2.84. The van der Waals surface area contributed by atoms with E-state index in [1.165, 1.54) is 4.31 Å². The lowest BCUT2D eigenvalue weighted by atomic mass is 9.98. The molecule has 33 heavy (non-hydrogen) atoms. The summed E-state index contributed by atoms with van der Waals surface area (Å²) in [5, 5.41) is 10.7. The second-order valence-corrected chi connectivity index (χ2v) is 9.98. The predicted octanol–water partition coefficient (Wildman–Crippen LogP) is 3.09. The smallest absolute Gasteiger partial charge is 0.246 e. The van der Waals surface area contributed by atoms with Crippen molar-refractivity contribution in [3.05, 3.63) is 67.3 Å². The van der Waals surface area contributed by atoms with E-state index >= 15 is 0 Å². The van der Waals surface area contributed by atoms with Crippen LogP contribution in [0.15, 0.2) is 72.1 Å². The number of sulfonamides is 1. The quantitative estimate of drug-likeness (QED) is 0.479. The predicted molar refractivity (Wildman–Crippen MR) is 127 cm³/mol. The van der Waals surface area contributed by atoms with Crippen molar-refractivity contribution in [1.29, 1.82) is 0 Å². The molecule has 1 aliphatic rings. The van der Waals surface area contributed by atoms with E-state index in [0.29, 0.717) is 18.4 Å². The number of anilines is 1. The minimum absolute atomic E-state index is 0.0166. The van der Waals surface area contributed by atoms with Crippen LogP contribution in [0.2, 0.25) is 0 Å². The summed E-state index contributed by atoms with van der Waals surface area (Å²) in [5.41, 5.74) is 10.3. The molecule has 168 valence electrons. The van der Waals surface area contributed by atoms with Crippen molar-refractivity contribution < 1.29 is 13.5 Å². The van der Waals surface area contributed by atoms with Crippen LogP contribution >= 0.6 is 0 Å². The number of rotatable bonds is 4. The highest BCUT2D eigenvalue weighted by Gasteiger charge is 2.31. The second kappa shape index (κ2) is 8.51. The van der Waals surface area contributed by atoms with E-state index in [4.69, 9.17) is 5.73 Å². The molecule has 1 fully saturated rings. The van der Waals surface area contributed by atoms with Crippen LogP contribution < -0.4 is 5.73 Å². The van der Waals surface area contributed by atoms with Crippen LogP contribution in [0, 0.1) is 0 Å². The number of hydrogen-bond donors (Lipinski definition) is 2. The van der Waals surface area contributed by atoms with Crippen molar-refractivity contribution in [1.82, 2.24) is 19.3 Å². The van der Waals surface area contributed by atoms with E-state index in [1.807, 2.05) is 36.4 Å². The summed E-state index contributed by atoms with van der Waals surface area (Å²) < 4.78 is 27.9. The molecule has 0 bridgehead atoms. The van der Waals surface area contributed by atoms with Crippen molar-refractivity contribution in [2.75, 3.05) is 18.8 Å². The summed E-state index contributed by atoms with van der Waals surface area (Å²) in [6.45, 7) is 0.508. The van der Waals surface area contributed by atoms with Gasteiger partial charge in [-0.3, -0.25) is 9.97 Å². The van der Waals surface area contributed by atoms with Gasteiger partial charge in [-0.05, 0) is 65.9 Å². The maximum Gasteiger partial charge on any atom is 0.246 e. The zero-order valence-electron chi connectivity index (χ0n) is 17.8. The molecule has 0 amide bonds. The third-order valence-electron chi connectivity index (χ3n) is 5.99. The van der Waals surface area contributed by atoms with E-state index in [1.54, 1.807) is 30.9 Å². The van der Waals surface area contributed by atoms with Gasteiger partial charge in [-0.25, -0.2) is 13.4 Å². The van der Waals surface area contributed by atoms with Gasteiger partial charge < -0.3 is 10.8 Å². The number of aromatic nitrogens is 3. The Morgan fingerprint density at radius 1 is 0.909 bits per heavy atom. The molecule has 0 saturated carbocycles. The molecule has 8 nitrogen and oxygen atoms in total. The first kappa shape index (κ1) is 21.4. The Balaban J connectivity index is 1.58. The molecule has 0 aliphatic carbocycles. The van der Waals surface area contributed by atoms with Gasteiger partial charge in [0.1, 0.15) is 10.7 Å². The van der Waals surface area contributed by atoms with Gasteiger partial charge in [0.15, 0.2) is 0 Å². The van der Waals surface area contributed by atoms with Crippen molar-refractivity contribution in [3.8, 4) is 22.3 Å².